The van der Waals surface area contributed by atoms with Gasteiger partial charge in [0.2, 0.25) is 17.7 Å². The second-order valence-corrected chi connectivity index (χ2v) is 18.2. The topological polar surface area (TPSA) is 171 Å². The Balaban J connectivity index is 0.787. The molecule has 0 aliphatic carbocycles. The predicted molar refractivity (Wildman–Crippen MR) is 241 cm³/mol. The summed E-state index contributed by atoms with van der Waals surface area (Å²) in [6.07, 6.45) is 5.10. The minimum atomic E-state index is -2.70. The molecule has 3 fully saturated rings. The smallest absolute Gasteiger partial charge is 0.264 e. The van der Waals surface area contributed by atoms with Gasteiger partial charge in [-0.1, -0.05) is 6.07 Å². The quantitative estimate of drug-likeness (QED) is 0.118. The number of morpholine rings is 1. The standard InChI is InChI=1S/C47H59F2N11O5/c1-29(61)58-16-12-40(38(27-58)45(50)59-13-4-5-30-21-35(31-23-52-55(2)25-31)36(44(48)49)22-42(30)59)53-32-10-14-56(15-11-32)17-18-57-19-20-65-33(26-57)24-51-39-7-3-6-34-37(39)28-60(47(34)64)41-8-9-43(62)54-46(41)63/h3,6-7,21-23,25,32-33,41,44,50-51,53H,4-5,8-20,24,26-28H2,1-2H3,(H,54,62,63). The van der Waals surface area contributed by atoms with Crippen LogP contribution in [-0.4, -0.2) is 149 Å². The van der Waals surface area contributed by atoms with Crippen molar-refractivity contribution in [1.82, 2.24) is 40.0 Å². The first kappa shape index (κ1) is 44.5. The van der Waals surface area contributed by atoms with E-state index in [2.05, 4.69) is 30.8 Å². The molecule has 4 amide bonds. The van der Waals surface area contributed by atoms with Crippen LogP contribution >= 0.6 is 0 Å². The number of benzene rings is 2. The Morgan fingerprint density at radius 3 is 2.55 bits per heavy atom. The number of imide groups is 1. The van der Waals surface area contributed by atoms with Crippen LogP contribution in [-0.2, 0) is 39.1 Å². The molecule has 16 nitrogen and oxygen atoms in total. The van der Waals surface area contributed by atoms with Crippen molar-refractivity contribution in [3.8, 4) is 11.1 Å². The minimum Gasteiger partial charge on any atom is -0.385 e. The molecular weight excluding hydrogens is 837 g/mol. The molecule has 346 valence electrons. The number of amides is 4. The van der Waals surface area contributed by atoms with Gasteiger partial charge in [0.15, 0.2) is 0 Å². The van der Waals surface area contributed by atoms with E-state index in [9.17, 15) is 33.4 Å². The zero-order valence-corrected chi connectivity index (χ0v) is 37.2. The second kappa shape index (κ2) is 19.0. The zero-order valence-electron chi connectivity index (χ0n) is 37.2. The number of alkyl halides is 2. The van der Waals surface area contributed by atoms with Crippen molar-refractivity contribution < 1.29 is 32.7 Å². The summed E-state index contributed by atoms with van der Waals surface area (Å²) in [7, 11) is 1.76. The van der Waals surface area contributed by atoms with Crippen molar-refractivity contribution in [1.29, 1.82) is 5.41 Å². The summed E-state index contributed by atoms with van der Waals surface area (Å²) in [6.45, 7) is 9.76. The number of ether oxygens (including phenoxy) is 1. The molecule has 0 bridgehead atoms. The van der Waals surface area contributed by atoms with Gasteiger partial charge in [0.1, 0.15) is 11.9 Å². The number of aryl methyl sites for hydroxylation is 2. The maximum Gasteiger partial charge on any atom is 0.264 e. The number of amidine groups is 1. The molecule has 1 aromatic heterocycles. The number of rotatable bonds is 12. The number of piperidine rings is 2. The third-order valence-electron chi connectivity index (χ3n) is 14.0. The molecule has 65 heavy (non-hydrogen) atoms. The lowest BCUT2D eigenvalue weighted by Crippen LogP contribution is -2.52. The van der Waals surface area contributed by atoms with Gasteiger partial charge in [0.25, 0.3) is 12.3 Å². The van der Waals surface area contributed by atoms with Crippen molar-refractivity contribution in [2.45, 2.75) is 83.0 Å². The van der Waals surface area contributed by atoms with Crippen LogP contribution in [0.4, 0.5) is 20.2 Å². The molecule has 7 heterocycles. The number of hydrogen-bond acceptors (Lipinski definition) is 11. The van der Waals surface area contributed by atoms with Crippen molar-refractivity contribution in [3.63, 3.8) is 0 Å². The van der Waals surface area contributed by atoms with Gasteiger partial charge in [0, 0.05) is 149 Å². The zero-order chi connectivity index (χ0) is 45.4. The second-order valence-electron chi connectivity index (χ2n) is 18.2. The molecule has 2 aromatic carbocycles. The van der Waals surface area contributed by atoms with Crippen LogP contribution in [0.15, 0.2) is 54.0 Å². The van der Waals surface area contributed by atoms with Crippen LogP contribution in [0.3, 0.4) is 0 Å². The molecule has 9 rings (SSSR count). The van der Waals surface area contributed by atoms with Crippen LogP contribution in [0.25, 0.3) is 11.1 Å². The highest BCUT2D eigenvalue weighted by atomic mass is 19.3. The number of halogens is 2. The van der Waals surface area contributed by atoms with Gasteiger partial charge in [-0.25, -0.2) is 8.78 Å². The summed E-state index contributed by atoms with van der Waals surface area (Å²) < 4.78 is 37.0. The van der Waals surface area contributed by atoms with Crippen molar-refractivity contribution in [2.75, 3.05) is 82.3 Å². The Labute approximate surface area is 377 Å². The molecule has 18 heteroatoms. The average Bonchev–Trinajstić information content (AvgIpc) is 3.89. The minimum absolute atomic E-state index is 0.0393. The first-order valence-electron chi connectivity index (χ1n) is 23.0. The lowest BCUT2D eigenvalue weighted by atomic mass is 9.92. The summed E-state index contributed by atoms with van der Waals surface area (Å²) in [5.41, 5.74) is 6.56. The summed E-state index contributed by atoms with van der Waals surface area (Å²) in [5.74, 6) is -0.721. The van der Waals surface area contributed by atoms with E-state index in [1.54, 1.807) is 53.0 Å². The van der Waals surface area contributed by atoms with Gasteiger partial charge < -0.3 is 35.0 Å². The molecular formula is C47H59F2N11O5. The van der Waals surface area contributed by atoms with Gasteiger partial charge in [-0.15, -0.1) is 0 Å². The number of carbonyl (C=O) groups excluding carboxylic acids is 4. The molecule has 3 aromatic rings. The number of anilines is 2. The fourth-order valence-electron chi connectivity index (χ4n) is 10.4. The Kier molecular flexibility index (Phi) is 13.0. The van der Waals surface area contributed by atoms with Crippen LogP contribution < -0.4 is 20.9 Å². The Hall–Kier alpha value is -5.72. The summed E-state index contributed by atoms with van der Waals surface area (Å²) in [5, 5.41) is 23.5. The summed E-state index contributed by atoms with van der Waals surface area (Å²) in [6, 6.07) is 8.54. The van der Waals surface area contributed by atoms with Gasteiger partial charge in [-0.3, -0.25) is 39.5 Å². The van der Waals surface area contributed by atoms with E-state index in [-0.39, 0.29) is 47.7 Å². The average molecular weight is 896 g/mol. The number of nitrogens with one attached hydrogen (secondary N) is 4. The van der Waals surface area contributed by atoms with Crippen LogP contribution in [0.5, 0.6) is 0 Å². The number of likely N-dealkylation sites (tertiary alicyclic amines) is 1. The molecule has 4 N–H and O–H groups in total. The van der Waals surface area contributed by atoms with E-state index in [1.165, 1.54) is 0 Å². The molecule has 0 radical (unpaired) electrons. The molecule has 2 unspecified atom stereocenters. The third-order valence-corrected chi connectivity index (χ3v) is 14.0. The van der Waals surface area contributed by atoms with Crippen LogP contribution in [0, 0.1) is 5.41 Å². The van der Waals surface area contributed by atoms with Crippen LogP contribution in [0.1, 0.15) is 78.9 Å². The van der Waals surface area contributed by atoms with E-state index in [4.69, 9.17) is 4.74 Å². The Bertz CT molecular complexity index is 2380. The van der Waals surface area contributed by atoms with E-state index in [1.807, 2.05) is 23.1 Å². The van der Waals surface area contributed by atoms with Gasteiger partial charge in [-0.2, -0.15) is 5.10 Å². The first-order chi connectivity index (χ1) is 31.4. The number of aromatic nitrogens is 2. The first-order valence-corrected chi connectivity index (χ1v) is 23.0. The van der Waals surface area contributed by atoms with Crippen LogP contribution in [0.2, 0.25) is 0 Å². The fraction of sp³-hybridized carbons (Fsp3) is 0.532. The van der Waals surface area contributed by atoms with E-state index < -0.39 is 18.4 Å². The number of fused-ring (bicyclic) bond motifs is 2. The van der Waals surface area contributed by atoms with Gasteiger partial charge in [0.05, 0.1) is 25.5 Å². The maximum atomic E-state index is 14.6. The largest absolute Gasteiger partial charge is 0.385 e. The molecule has 2 atom stereocenters. The lowest BCUT2D eigenvalue weighted by Gasteiger charge is -2.39. The Morgan fingerprint density at radius 1 is 0.985 bits per heavy atom. The monoisotopic (exact) mass is 895 g/mol. The number of nitrogens with zero attached hydrogens (tertiary/aromatic N) is 7. The van der Waals surface area contributed by atoms with Crippen molar-refractivity contribution in [3.05, 3.63) is 76.2 Å². The number of carbonyl (C=O) groups is 4. The van der Waals surface area contributed by atoms with Gasteiger partial charge in [-0.05, 0) is 67.5 Å². The SMILES string of the molecule is CC(=O)N1CCC(NC2CCN(CCN3CCOC(CNc4cccc5c4CN(C4CCC(=O)NC4=O)C5=O)C3)CC2)=C(C(=N)N2CCCc3cc(-c4cnn(C)c4)c(C(F)F)cc32)C1. The summed E-state index contributed by atoms with van der Waals surface area (Å²) in [4.78, 5) is 60.4. The van der Waals surface area contributed by atoms with Gasteiger partial charge >= 0.3 is 0 Å². The maximum absolute atomic E-state index is 14.6. The predicted octanol–water partition coefficient (Wildman–Crippen LogP) is 3.89. The van der Waals surface area contributed by atoms with Crippen molar-refractivity contribution in [2.24, 2.45) is 7.05 Å². The molecule has 0 spiro atoms. The van der Waals surface area contributed by atoms with E-state index in [0.29, 0.717) is 74.6 Å². The molecule has 0 saturated carbocycles. The van der Waals surface area contributed by atoms with E-state index >= 15 is 0 Å². The lowest BCUT2D eigenvalue weighted by molar-refractivity contribution is -0.137. The Morgan fingerprint density at radius 2 is 1.80 bits per heavy atom. The fourth-order valence-corrected chi connectivity index (χ4v) is 10.4. The van der Waals surface area contributed by atoms with Crippen molar-refractivity contribution >= 4 is 40.8 Å². The van der Waals surface area contributed by atoms with E-state index in [0.717, 1.165) is 93.0 Å². The molecule has 6 aliphatic rings. The molecule has 6 aliphatic heterocycles. The highest BCUT2D eigenvalue weighted by Gasteiger charge is 2.40. The highest BCUT2D eigenvalue weighted by Crippen LogP contribution is 2.40. The highest BCUT2D eigenvalue weighted by molar-refractivity contribution is 6.10. The summed E-state index contributed by atoms with van der Waals surface area (Å²) >= 11 is 0. The normalized spacial score (nSPS) is 22.4. The number of hydrogen-bond donors (Lipinski definition) is 4. The third kappa shape index (κ3) is 9.52. The molecule has 3 saturated heterocycles.